The van der Waals surface area contributed by atoms with Crippen molar-refractivity contribution in [2.75, 3.05) is 12.4 Å². The number of ether oxygens (including phenoxy) is 1. The standard InChI is InChI=1S/C7H14O4S/c1-2-12-7-6(10)5(9)4(8)3-11-7/h4-10H,2-3H2,1H3/t4-,5+,6-,7+/m1/s1. The van der Waals surface area contributed by atoms with Gasteiger partial charge in [0, 0.05) is 0 Å². The van der Waals surface area contributed by atoms with Crippen molar-refractivity contribution in [3.05, 3.63) is 0 Å². The Bertz CT molecular complexity index is 143. The molecule has 0 amide bonds. The average molecular weight is 194 g/mol. The first-order chi connectivity index (χ1) is 5.66. The highest BCUT2D eigenvalue weighted by Gasteiger charge is 2.37. The minimum atomic E-state index is -1.08. The molecule has 3 N–H and O–H groups in total. The zero-order valence-corrected chi connectivity index (χ0v) is 7.70. The molecule has 0 spiro atoms. The number of aliphatic hydroxyl groups is 3. The summed E-state index contributed by atoms with van der Waals surface area (Å²) in [6, 6.07) is 0. The van der Waals surface area contributed by atoms with E-state index in [4.69, 9.17) is 9.84 Å². The van der Waals surface area contributed by atoms with Crippen LogP contribution in [0.1, 0.15) is 6.92 Å². The van der Waals surface area contributed by atoms with E-state index in [0.29, 0.717) is 0 Å². The van der Waals surface area contributed by atoms with Crippen LogP contribution in [0.4, 0.5) is 0 Å². The Labute approximate surface area is 75.5 Å². The van der Waals surface area contributed by atoms with Crippen LogP contribution in [0.25, 0.3) is 0 Å². The van der Waals surface area contributed by atoms with Crippen molar-refractivity contribution in [3.8, 4) is 0 Å². The summed E-state index contributed by atoms with van der Waals surface area (Å²) in [4.78, 5) is 0. The number of thioether (sulfide) groups is 1. The van der Waals surface area contributed by atoms with Gasteiger partial charge in [-0.05, 0) is 5.75 Å². The molecule has 1 saturated heterocycles. The fourth-order valence-corrected chi connectivity index (χ4v) is 1.95. The Morgan fingerprint density at radius 2 is 2.00 bits per heavy atom. The zero-order chi connectivity index (χ0) is 9.14. The van der Waals surface area contributed by atoms with E-state index in [1.165, 1.54) is 11.8 Å². The molecule has 1 fully saturated rings. The molecule has 1 aliphatic heterocycles. The topological polar surface area (TPSA) is 69.9 Å². The smallest absolute Gasteiger partial charge is 0.131 e. The molecule has 0 aliphatic carbocycles. The largest absolute Gasteiger partial charge is 0.388 e. The lowest BCUT2D eigenvalue weighted by atomic mass is 10.1. The van der Waals surface area contributed by atoms with Crippen LogP contribution in [0, 0.1) is 0 Å². The van der Waals surface area contributed by atoms with Gasteiger partial charge >= 0.3 is 0 Å². The predicted octanol–water partition coefficient (Wildman–Crippen LogP) is -0.822. The van der Waals surface area contributed by atoms with Crippen molar-refractivity contribution in [2.45, 2.75) is 30.7 Å². The van der Waals surface area contributed by atoms with Gasteiger partial charge in [-0.15, -0.1) is 11.8 Å². The lowest BCUT2D eigenvalue weighted by Crippen LogP contribution is -2.51. The Balaban J connectivity index is 2.46. The molecular weight excluding hydrogens is 180 g/mol. The van der Waals surface area contributed by atoms with E-state index in [0.717, 1.165) is 5.75 Å². The van der Waals surface area contributed by atoms with Crippen LogP contribution in [0.3, 0.4) is 0 Å². The van der Waals surface area contributed by atoms with Crippen LogP contribution in [0.2, 0.25) is 0 Å². The third kappa shape index (κ3) is 2.11. The monoisotopic (exact) mass is 194 g/mol. The molecule has 1 aliphatic rings. The van der Waals surface area contributed by atoms with Gasteiger partial charge in [0.15, 0.2) is 0 Å². The number of aliphatic hydroxyl groups excluding tert-OH is 3. The molecule has 0 aromatic heterocycles. The lowest BCUT2D eigenvalue weighted by Gasteiger charge is -2.34. The van der Waals surface area contributed by atoms with Crippen molar-refractivity contribution < 1.29 is 20.1 Å². The fourth-order valence-electron chi connectivity index (χ4n) is 1.09. The molecule has 0 aromatic carbocycles. The predicted molar refractivity (Wildman–Crippen MR) is 45.9 cm³/mol. The summed E-state index contributed by atoms with van der Waals surface area (Å²) in [5.74, 6) is 0.810. The first-order valence-corrected chi connectivity index (χ1v) is 4.99. The summed E-state index contributed by atoms with van der Waals surface area (Å²) in [6.45, 7) is 2.04. The minimum absolute atomic E-state index is 0.0931. The molecule has 0 unspecified atom stereocenters. The van der Waals surface area contributed by atoms with Gasteiger partial charge in [0.2, 0.25) is 0 Å². The molecule has 72 valence electrons. The third-order valence-electron chi connectivity index (χ3n) is 1.79. The summed E-state index contributed by atoms with van der Waals surface area (Å²) >= 11 is 1.42. The number of hydrogen-bond acceptors (Lipinski definition) is 5. The van der Waals surface area contributed by atoms with E-state index in [9.17, 15) is 10.2 Å². The molecule has 0 radical (unpaired) electrons. The summed E-state index contributed by atoms with van der Waals surface area (Å²) in [7, 11) is 0. The molecule has 0 saturated carbocycles. The van der Waals surface area contributed by atoms with E-state index >= 15 is 0 Å². The normalized spacial score (nSPS) is 43.0. The highest BCUT2D eigenvalue weighted by molar-refractivity contribution is 7.99. The van der Waals surface area contributed by atoms with E-state index in [-0.39, 0.29) is 6.61 Å². The van der Waals surface area contributed by atoms with Crippen molar-refractivity contribution in [2.24, 2.45) is 0 Å². The van der Waals surface area contributed by atoms with E-state index in [2.05, 4.69) is 0 Å². The van der Waals surface area contributed by atoms with Crippen molar-refractivity contribution in [1.29, 1.82) is 0 Å². The molecule has 4 atom stereocenters. The molecule has 5 heteroatoms. The maximum absolute atomic E-state index is 9.38. The Morgan fingerprint density at radius 3 is 2.58 bits per heavy atom. The highest BCUT2D eigenvalue weighted by atomic mass is 32.2. The maximum Gasteiger partial charge on any atom is 0.131 e. The summed E-state index contributed by atoms with van der Waals surface area (Å²) in [6.07, 6.45) is -3.03. The molecule has 0 aromatic rings. The third-order valence-corrected chi connectivity index (χ3v) is 2.86. The van der Waals surface area contributed by atoms with Crippen molar-refractivity contribution >= 4 is 11.8 Å². The Morgan fingerprint density at radius 1 is 1.33 bits per heavy atom. The SMILES string of the molecule is CCS[C@@H]1OC[C@@H](O)[C@H](O)[C@H]1O. The summed E-state index contributed by atoms with van der Waals surface area (Å²) in [5.41, 5.74) is -0.409. The number of rotatable bonds is 2. The van der Waals surface area contributed by atoms with Gasteiger partial charge in [-0.1, -0.05) is 6.92 Å². The first kappa shape index (κ1) is 10.3. The van der Waals surface area contributed by atoms with E-state index in [1.54, 1.807) is 0 Å². The van der Waals surface area contributed by atoms with Crippen LogP contribution in [-0.4, -0.2) is 51.4 Å². The van der Waals surface area contributed by atoms with Gasteiger partial charge in [-0.3, -0.25) is 0 Å². The van der Waals surface area contributed by atoms with Gasteiger partial charge < -0.3 is 20.1 Å². The summed E-state index contributed by atoms with van der Waals surface area (Å²) in [5, 5.41) is 27.7. The van der Waals surface area contributed by atoms with Gasteiger partial charge in [0.25, 0.3) is 0 Å². The van der Waals surface area contributed by atoms with Gasteiger partial charge in [0.05, 0.1) is 6.61 Å². The molecule has 4 nitrogen and oxygen atoms in total. The van der Waals surface area contributed by atoms with E-state index in [1.807, 2.05) is 6.92 Å². The van der Waals surface area contributed by atoms with Crippen LogP contribution in [0.15, 0.2) is 0 Å². The Hall–Kier alpha value is 0.190. The molecule has 0 bridgehead atoms. The quantitative estimate of drug-likeness (QED) is 0.536. The first-order valence-electron chi connectivity index (χ1n) is 3.94. The maximum atomic E-state index is 9.38. The van der Waals surface area contributed by atoms with E-state index < -0.39 is 23.7 Å². The van der Waals surface area contributed by atoms with Crippen LogP contribution in [-0.2, 0) is 4.74 Å². The van der Waals surface area contributed by atoms with Gasteiger partial charge in [-0.25, -0.2) is 0 Å². The fraction of sp³-hybridized carbons (Fsp3) is 1.00. The lowest BCUT2D eigenvalue weighted by molar-refractivity contribution is -0.161. The summed E-state index contributed by atoms with van der Waals surface area (Å²) < 4.78 is 5.12. The second kappa shape index (κ2) is 4.43. The zero-order valence-electron chi connectivity index (χ0n) is 6.88. The number of hydrogen-bond donors (Lipinski definition) is 3. The van der Waals surface area contributed by atoms with Crippen LogP contribution in [0.5, 0.6) is 0 Å². The van der Waals surface area contributed by atoms with Crippen molar-refractivity contribution in [3.63, 3.8) is 0 Å². The van der Waals surface area contributed by atoms with Gasteiger partial charge in [-0.2, -0.15) is 0 Å². The van der Waals surface area contributed by atoms with Crippen LogP contribution >= 0.6 is 11.8 Å². The van der Waals surface area contributed by atoms with Crippen LogP contribution < -0.4 is 0 Å². The molecule has 1 heterocycles. The van der Waals surface area contributed by atoms with Gasteiger partial charge in [0.1, 0.15) is 23.7 Å². The highest BCUT2D eigenvalue weighted by Crippen LogP contribution is 2.24. The molecule has 1 rings (SSSR count). The minimum Gasteiger partial charge on any atom is -0.388 e. The van der Waals surface area contributed by atoms with Crippen molar-refractivity contribution in [1.82, 2.24) is 0 Å². The Kier molecular flexibility index (Phi) is 3.79. The second-order valence-corrected chi connectivity index (χ2v) is 4.08. The second-order valence-electron chi connectivity index (χ2n) is 2.71. The molecule has 12 heavy (non-hydrogen) atoms. The average Bonchev–Trinajstić information content (AvgIpc) is 2.07. The molecular formula is C7H14O4S.